The van der Waals surface area contributed by atoms with E-state index >= 15 is 0 Å². The molecule has 1 amide bonds. The molecule has 2 N–H and O–H groups in total. The van der Waals surface area contributed by atoms with Gasteiger partial charge >= 0.3 is 0 Å². The Balaban J connectivity index is 0.00000220. The number of carbonyl (C=O) groups is 1. The molecule has 0 aliphatic carbocycles. The van der Waals surface area contributed by atoms with Crippen LogP contribution in [-0.2, 0) is 10.0 Å². The molecule has 0 spiro atoms. The van der Waals surface area contributed by atoms with Crippen molar-refractivity contribution in [3.63, 3.8) is 0 Å². The smallest absolute Gasteiger partial charge is 0.289 e. The molecule has 21 heavy (non-hydrogen) atoms. The summed E-state index contributed by atoms with van der Waals surface area (Å²) in [6, 6.07) is 2.82. The predicted octanol–water partition coefficient (Wildman–Crippen LogP) is 0.434. The average molecular weight is 338 g/mol. The van der Waals surface area contributed by atoms with Crippen molar-refractivity contribution in [1.82, 2.24) is 14.9 Å². The summed E-state index contributed by atoms with van der Waals surface area (Å²) in [4.78, 5) is 14.1. The van der Waals surface area contributed by atoms with Crippen LogP contribution < -0.4 is 10.0 Å². The van der Waals surface area contributed by atoms with E-state index in [9.17, 15) is 13.2 Å². The molecule has 7 nitrogen and oxygen atoms in total. The summed E-state index contributed by atoms with van der Waals surface area (Å²) in [5.41, 5.74) is 0. The maximum absolute atomic E-state index is 12.3. The highest BCUT2D eigenvalue weighted by Gasteiger charge is 2.31. The molecule has 2 rings (SSSR count). The van der Waals surface area contributed by atoms with Crippen LogP contribution in [0.2, 0.25) is 0 Å². The van der Waals surface area contributed by atoms with Crippen molar-refractivity contribution in [1.29, 1.82) is 0 Å². The third-order valence-corrected chi connectivity index (χ3v) is 4.69. The van der Waals surface area contributed by atoms with E-state index in [4.69, 9.17) is 4.42 Å². The Kier molecular flexibility index (Phi) is 6.21. The van der Waals surface area contributed by atoms with Crippen LogP contribution in [0, 0.1) is 0 Å². The molecule has 1 saturated heterocycles. The second kappa shape index (κ2) is 7.26. The van der Waals surface area contributed by atoms with Gasteiger partial charge in [-0.1, -0.05) is 0 Å². The van der Waals surface area contributed by atoms with E-state index in [2.05, 4.69) is 10.0 Å². The first-order valence-corrected chi connectivity index (χ1v) is 7.97. The fourth-order valence-electron chi connectivity index (χ4n) is 2.37. The van der Waals surface area contributed by atoms with E-state index in [0.717, 1.165) is 12.8 Å². The van der Waals surface area contributed by atoms with Crippen LogP contribution in [0.15, 0.2) is 21.6 Å². The van der Waals surface area contributed by atoms with Gasteiger partial charge in [-0.05, 0) is 39.1 Å². The van der Waals surface area contributed by atoms with Crippen molar-refractivity contribution in [3.05, 3.63) is 17.9 Å². The fourth-order valence-corrected chi connectivity index (χ4v) is 3.02. The highest BCUT2D eigenvalue weighted by molar-refractivity contribution is 7.89. The number of carbonyl (C=O) groups excluding carboxylic acids is 1. The molecule has 2 heterocycles. The van der Waals surface area contributed by atoms with Crippen LogP contribution >= 0.6 is 12.4 Å². The van der Waals surface area contributed by atoms with E-state index in [1.165, 1.54) is 19.2 Å². The lowest BCUT2D eigenvalue weighted by Gasteiger charge is -2.23. The van der Waals surface area contributed by atoms with Gasteiger partial charge in [0, 0.05) is 19.1 Å². The standard InChI is InChI=1S/C12H19N3O4S.ClH/c1-13-8-9-4-3-7-15(9)12(16)10-5-6-11(19-10)20(17,18)14-2;/h5-6,9,13-14H,3-4,7-8H2,1-2H3;1H. The van der Waals surface area contributed by atoms with Gasteiger partial charge in [-0.25, -0.2) is 13.1 Å². The number of amides is 1. The lowest BCUT2D eigenvalue weighted by molar-refractivity contribution is 0.0699. The van der Waals surface area contributed by atoms with Gasteiger partial charge in [0.2, 0.25) is 5.09 Å². The van der Waals surface area contributed by atoms with Gasteiger partial charge in [-0.2, -0.15) is 0 Å². The van der Waals surface area contributed by atoms with E-state index in [-0.39, 0.29) is 35.2 Å². The van der Waals surface area contributed by atoms with Crippen LogP contribution in [0.5, 0.6) is 0 Å². The van der Waals surface area contributed by atoms with Crippen LogP contribution in [0.3, 0.4) is 0 Å². The number of hydrogen-bond donors (Lipinski definition) is 2. The lowest BCUT2D eigenvalue weighted by Crippen LogP contribution is -2.40. The minimum atomic E-state index is -3.66. The van der Waals surface area contributed by atoms with Crippen LogP contribution in [0.4, 0.5) is 0 Å². The van der Waals surface area contributed by atoms with Gasteiger partial charge in [-0.15, -0.1) is 12.4 Å². The van der Waals surface area contributed by atoms with Gasteiger partial charge in [0.25, 0.3) is 15.9 Å². The zero-order valence-corrected chi connectivity index (χ0v) is 13.6. The average Bonchev–Trinajstić information content (AvgIpc) is 3.07. The maximum Gasteiger partial charge on any atom is 0.289 e. The molecule has 1 aromatic heterocycles. The Bertz CT molecular complexity index is 587. The quantitative estimate of drug-likeness (QED) is 0.813. The van der Waals surface area contributed by atoms with Crippen molar-refractivity contribution in [3.8, 4) is 0 Å². The van der Waals surface area contributed by atoms with E-state index in [1.54, 1.807) is 4.90 Å². The third kappa shape index (κ3) is 3.76. The zero-order valence-electron chi connectivity index (χ0n) is 12.0. The number of nitrogens with one attached hydrogen (secondary N) is 2. The normalized spacial score (nSPS) is 18.6. The summed E-state index contributed by atoms with van der Waals surface area (Å²) < 4.78 is 30.5. The summed E-state index contributed by atoms with van der Waals surface area (Å²) >= 11 is 0. The van der Waals surface area contributed by atoms with Crippen molar-refractivity contribution < 1.29 is 17.6 Å². The number of hydrogen-bond acceptors (Lipinski definition) is 5. The molecule has 120 valence electrons. The fraction of sp³-hybridized carbons (Fsp3) is 0.583. The monoisotopic (exact) mass is 337 g/mol. The number of sulfonamides is 1. The molecule has 0 radical (unpaired) electrons. The van der Waals surface area contributed by atoms with Crippen LogP contribution in [-0.4, -0.2) is 52.5 Å². The zero-order chi connectivity index (χ0) is 14.8. The molecular formula is C12H20ClN3O4S. The summed E-state index contributed by atoms with van der Waals surface area (Å²) in [7, 11) is -0.525. The highest BCUT2D eigenvalue weighted by atomic mass is 35.5. The molecule has 1 fully saturated rings. The topological polar surface area (TPSA) is 91.7 Å². The van der Waals surface area contributed by atoms with Crippen molar-refractivity contribution in [2.24, 2.45) is 0 Å². The lowest BCUT2D eigenvalue weighted by atomic mass is 10.2. The minimum Gasteiger partial charge on any atom is -0.438 e. The van der Waals surface area contributed by atoms with Crippen molar-refractivity contribution in [2.75, 3.05) is 27.2 Å². The van der Waals surface area contributed by atoms with E-state index < -0.39 is 10.0 Å². The number of likely N-dealkylation sites (tertiary alicyclic amines) is 1. The molecule has 1 aromatic rings. The minimum absolute atomic E-state index is 0. The molecular weight excluding hydrogens is 318 g/mol. The Hall–Kier alpha value is -1.09. The second-order valence-corrected chi connectivity index (χ2v) is 6.50. The summed E-state index contributed by atoms with van der Waals surface area (Å²) in [6.07, 6.45) is 1.88. The van der Waals surface area contributed by atoms with E-state index in [0.29, 0.717) is 13.1 Å². The molecule has 0 bridgehead atoms. The van der Waals surface area contributed by atoms with Gasteiger partial charge in [0.1, 0.15) is 0 Å². The van der Waals surface area contributed by atoms with Gasteiger partial charge < -0.3 is 14.6 Å². The predicted molar refractivity (Wildman–Crippen MR) is 80.2 cm³/mol. The summed E-state index contributed by atoms with van der Waals surface area (Å²) in [5, 5.41) is 2.81. The first-order valence-electron chi connectivity index (χ1n) is 6.48. The summed E-state index contributed by atoms with van der Waals surface area (Å²) in [6.45, 7) is 1.38. The van der Waals surface area contributed by atoms with E-state index in [1.807, 2.05) is 7.05 Å². The maximum atomic E-state index is 12.3. The SMILES string of the molecule is CNCC1CCCN1C(=O)c1ccc(S(=O)(=O)NC)o1.Cl. The molecule has 1 aliphatic heterocycles. The van der Waals surface area contributed by atoms with Crippen LogP contribution in [0.25, 0.3) is 0 Å². The Labute approximate surface area is 130 Å². The number of nitrogens with zero attached hydrogens (tertiary/aromatic N) is 1. The van der Waals surface area contributed by atoms with Gasteiger partial charge in [0.15, 0.2) is 5.76 Å². The Morgan fingerprint density at radius 3 is 2.76 bits per heavy atom. The molecule has 0 saturated carbocycles. The molecule has 1 atom stereocenters. The largest absolute Gasteiger partial charge is 0.438 e. The summed E-state index contributed by atoms with van der Waals surface area (Å²) in [5.74, 6) is -0.206. The number of rotatable bonds is 5. The molecule has 9 heteroatoms. The van der Waals surface area contributed by atoms with Crippen molar-refractivity contribution >= 4 is 28.3 Å². The molecule has 0 aromatic carbocycles. The number of furan rings is 1. The number of likely N-dealkylation sites (N-methyl/N-ethyl adjacent to an activating group) is 1. The Morgan fingerprint density at radius 2 is 2.14 bits per heavy atom. The van der Waals surface area contributed by atoms with Crippen LogP contribution in [0.1, 0.15) is 23.4 Å². The Morgan fingerprint density at radius 1 is 1.43 bits per heavy atom. The van der Waals surface area contributed by atoms with Gasteiger partial charge in [-0.3, -0.25) is 4.79 Å². The highest BCUT2D eigenvalue weighted by Crippen LogP contribution is 2.22. The number of halogens is 1. The van der Waals surface area contributed by atoms with Gasteiger partial charge in [0.05, 0.1) is 0 Å². The molecule has 1 unspecified atom stereocenters. The second-order valence-electron chi connectivity index (χ2n) is 4.68. The third-order valence-electron chi connectivity index (χ3n) is 3.40. The van der Waals surface area contributed by atoms with Crippen molar-refractivity contribution in [2.45, 2.75) is 24.0 Å². The first kappa shape index (κ1) is 18.0. The molecule has 1 aliphatic rings. The first-order chi connectivity index (χ1) is 9.49.